The highest BCUT2D eigenvalue weighted by atomic mass is 16.3. The summed E-state index contributed by atoms with van der Waals surface area (Å²) in [5.74, 6) is 1.04. The Balaban J connectivity index is 1.46. The third-order valence-corrected chi connectivity index (χ3v) is 9.21. The standard InChI is InChI=1S/C38H38N3O/c1-7-33-28-11-9-8-10-27(28)29-13-12-26-20-37-32(30-14-15-34(23(4)5)40-38(30)42-37)21-31(26)36-19-25(22(2)3)16-17-41(36)24(6)18-35(29)39-33/h7-11,14-17,19-23,29,35H,1,6,12-13,18H2,2-5H3/q+1. The zero-order chi connectivity index (χ0) is 29.1. The number of rotatable bonds is 3. The Morgan fingerprint density at radius 1 is 0.952 bits per heavy atom. The first-order valence-electron chi connectivity index (χ1n) is 15.2. The average molecular weight is 553 g/mol. The fourth-order valence-corrected chi connectivity index (χ4v) is 6.83. The second-order valence-corrected chi connectivity index (χ2v) is 12.5. The fraction of sp³-hybridized carbons (Fsp3) is 0.289. The number of aromatic nitrogens is 2. The minimum Gasteiger partial charge on any atom is -0.438 e. The van der Waals surface area contributed by atoms with E-state index in [4.69, 9.17) is 14.4 Å². The maximum atomic E-state index is 6.43. The van der Waals surface area contributed by atoms with Crippen molar-refractivity contribution in [3.8, 4) is 11.3 Å². The summed E-state index contributed by atoms with van der Waals surface area (Å²) in [6.45, 7) is 17.6. The monoisotopic (exact) mass is 552 g/mol. The Labute approximate surface area is 248 Å². The van der Waals surface area contributed by atoms with Gasteiger partial charge in [-0.05, 0) is 78.3 Å². The van der Waals surface area contributed by atoms with Crippen molar-refractivity contribution in [3.63, 3.8) is 0 Å². The van der Waals surface area contributed by atoms with Gasteiger partial charge < -0.3 is 4.42 Å². The van der Waals surface area contributed by atoms with Crippen molar-refractivity contribution >= 4 is 33.5 Å². The van der Waals surface area contributed by atoms with Gasteiger partial charge in [-0.3, -0.25) is 4.99 Å². The van der Waals surface area contributed by atoms with Crippen LogP contribution >= 0.6 is 0 Å². The van der Waals surface area contributed by atoms with Crippen LogP contribution in [-0.2, 0) is 6.42 Å². The number of aliphatic imine (C=N–C) groups is 1. The van der Waals surface area contributed by atoms with Gasteiger partial charge >= 0.3 is 0 Å². The summed E-state index contributed by atoms with van der Waals surface area (Å²) in [7, 11) is 0. The van der Waals surface area contributed by atoms with Gasteiger partial charge in [-0.1, -0.05) is 58.5 Å². The average Bonchev–Trinajstić information content (AvgIpc) is 3.35. The third kappa shape index (κ3) is 4.32. The number of fused-ring (bicyclic) bond motifs is 9. The molecule has 0 radical (unpaired) electrons. The van der Waals surface area contributed by atoms with Gasteiger partial charge in [0.1, 0.15) is 5.58 Å². The van der Waals surface area contributed by atoms with Crippen molar-refractivity contribution in [3.05, 3.63) is 114 Å². The van der Waals surface area contributed by atoms with Crippen molar-refractivity contribution in [1.29, 1.82) is 0 Å². The van der Waals surface area contributed by atoms with E-state index in [9.17, 15) is 0 Å². The molecule has 0 N–H and O–H groups in total. The van der Waals surface area contributed by atoms with Gasteiger partial charge in [-0.25, -0.2) is 4.98 Å². The molecule has 0 aliphatic carbocycles. The first kappa shape index (κ1) is 26.6. The van der Waals surface area contributed by atoms with E-state index in [1.54, 1.807) is 0 Å². The fourth-order valence-electron chi connectivity index (χ4n) is 6.83. The smallest absolute Gasteiger partial charge is 0.227 e. The van der Waals surface area contributed by atoms with Crippen LogP contribution in [0, 0.1) is 0 Å². The van der Waals surface area contributed by atoms with Gasteiger partial charge in [0.2, 0.25) is 11.4 Å². The van der Waals surface area contributed by atoms with Gasteiger partial charge in [-0.15, -0.1) is 0 Å². The molecule has 2 atom stereocenters. The van der Waals surface area contributed by atoms with E-state index in [0.29, 0.717) is 17.5 Å². The molecule has 2 aliphatic rings. The van der Waals surface area contributed by atoms with Gasteiger partial charge in [-0.2, -0.15) is 4.57 Å². The number of hydrogen-bond donors (Lipinski definition) is 0. The molecule has 2 unspecified atom stereocenters. The zero-order valence-electron chi connectivity index (χ0n) is 25.0. The van der Waals surface area contributed by atoms with Crippen LogP contribution in [-0.4, -0.2) is 16.7 Å². The summed E-state index contributed by atoms with van der Waals surface area (Å²) in [5, 5.41) is 2.17. The molecule has 42 heavy (non-hydrogen) atoms. The number of pyridine rings is 2. The van der Waals surface area contributed by atoms with Crippen molar-refractivity contribution < 1.29 is 8.98 Å². The van der Waals surface area contributed by atoms with Crippen LogP contribution in [0.5, 0.6) is 0 Å². The lowest BCUT2D eigenvalue weighted by Gasteiger charge is -2.32. The van der Waals surface area contributed by atoms with Crippen LogP contribution in [0.2, 0.25) is 0 Å². The van der Waals surface area contributed by atoms with Gasteiger partial charge in [0, 0.05) is 40.1 Å². The van der Waals surface area contributed by atoms with Crippen LogP contribution < -0.4 is 4.57 Å². The molecular formula is C38H38N3O+. The van der Waals surface area contributed by atoms with Gasteiger partial charge in [0.25, 0.3) is 0 Å². The van der Waals surface area contributed by atoms with E-state index in [2.05, 4.69) is 112 Å². The maximum absolute atomic E-state index is 6.43. The Morgan fingerprint density at radius 3 is 2.57 bits per heavy atom. The van der Waals surface area contributed by atoms with E-state index in [-0.39, 0.29) is 12.0 Å². The van der Waals surface area contributed by atoms with Crippen molar-refractivity contribution in [2.45, 2.75) is 70.8 Å². The summed E-state index contributed by atoms with van der Waals surface area (Å²) in [6, 6.07) is 22.3. The van der Waals surface area contributed by atoms with Crippen LogP contribution in [0.4, 0.5) is 0 Å². The predicted octanol–water partition coefficient (Wildman–Crippen LogP) is 9.13. The topological polar surface area (TPSA) is 42.3 Å². The molecule has 210 valence electrons. The molecule has 0 saturated carbocycles. The lowest BCUT2D eigenvalue weighted by atomic mass is 9.78. The normalized spacial score (nSPS) is 18.4. The highest BCUT2D eigenvalue weighted by Crippen LogP contribution is 2.41. The number of furan rings is 1. The van der Waals surface area contributed by atoms with E-state index in [0.717, 1.165) is 52.7 Å². The zero-order valence-corrected chi connectivity index (χ0v) is 25.0. The molecule has 5 heterocycles. The molecule has 2 aliphatic heterocycles. The number of hydrogen-bond acceptors (Lipinski definition) is 3. The minimum absolute atomic E-state index is 0.0978. The predicted molar refractivity (Wildman–Crippen MR) is 173 cm³/mol. The van der Waals surface area contributed by atoms with Crippen molar-refractivity contribution in [2.75, 3.05) is 0 Å². The number of allylic oxidation sites excluding steroid dienone is 1. The second-order valence-electron chi connectivity index (χ2n) is 12.5. The van der Waals surface area contributed by atoms with Crippen molar-refractivity contribution in [2.24, 2.45) is 4.99 Å². The van der Waals surface area contributed by atoms with Crippen molar-refractivity contribution in [1.82, 2.24) is 4.98 Å². The summed E-state index contributed by atoms with van der Waals surface area (Å²) in [4.78, 5) is 10.1. The lowest BCUT2D eigenvalue weighted by molar-refractivity contribution is -0.571. The molecule has 7 rings (SSSR count). The van der Waals surface area contributed by atoms with E-state index >= 15 is 0 Å². The lowest BCUT2D eigenvalue weighted by Crippen LogP contribution is -2.38. The van der Waals surface area contributed by atoms with E-state index in [1.807, 2.05) is 6.08 Å². The Hall–Kier alpha value is -4.31. The number of benzene rings is 2. The highest BCUT2D eigenvalue weighted by molar-refractivity contribution is 6.10. The molecule has 0 amide bonds. The van der Waals surface area contributed by atoms with Crippen LogP contribution in [0.15, 0.2) is 95.5 Å². The molecule has 3 aromatic heterocycles. The first-order chi connectivity index (χ1) is 20.3. The Morgan fingerprint density at radius 2 is 1.79 bits per heavy atom. The molecular weight excluding hydrogens is 514 g/mol. The van der Waals surface area contributed by atoms with Crippen LogP contribution in [0.3, 0.4) is 0 Å². The molecule has 0 saturated heterocycles. The third-order valence-electron chi connectivity index (χ3n) is 9.21. The quantitative estimate of drug-likeness (QED) is 0.209. The number of nitrogens with zero attached hydrogens (tertiary/aromatic N) is 3. The van der Waals surface area contributed by atoms with Gasteiger partial charge in [0.15, 0.2) is 11.9 Å². The van der Waals surface area contributed by atoms with E-state index in [1.165, 1.54) is 33.5 Å². The highest BCUT2D eigenvalue weighted by Gasteiger charge is 2.34. The molecule has 0 spiro atoms. The second kappa shape index (κ2) is 10.2. The van der Waals surface area contributed by atoms with E-state index < -0.39 is 0 Å². The summed E-state index contributed by atoms with van der Waals surface area (Å²) in [6.07, 6.45) is 6.79. The minimum atomic E-state index is 0.0978. The Bertz CT molecular complexity index is 1920. The molecule has 4 heteroatoms. The SMILES string of the molecule is C=CC1=NC2CC(=C)[n+]3ccc(C(C)C)cc3-c3cc4c(cc3CCC2c2ccccc21)oc1nc(C(C)C)ccc14. The van der Waals surface area contributed by atoms with Crippen LogP contribution in [0.25, 0.3) is 39.0 Å². The number of aryl methyl sites for hydroxylation is 1. The Kier molecular flexibility index (Phi) is 6.46. The molecule has 5 aromatic rings. The van der Waals surface area contributed by atoms with Gasteiger partial charge in [0.05, 0.1) is 23.7 Å². The molecule has 0 bridgehead atoms. The summed E-state index contributed by atoms with van der Waals surface area (Å²) < 4.78 is 8.72. The summed E-state index contributed by atoms with van der Waals surface area (Å²) >= 11 is 0. The molecule has 4 nitrogen and oxygen atoms in total. The van der Waals surface area contributed by atoms with Crippen LogP contribution in [0.1, 0.15) is 86.2 Å². The first-order valence-corrected chi connectivity index (χ1v) is 15.2. The maximum Gasteiger partial charge on any atom is 0.227 e. The summed E-state index contributed by atoms with van der Waals surface area (Å²) in [5.41, 5.74) is 12.3. The molecule has 2 aromatic carbocycles. The molecule has 0 fully saturated rings. The largest absolute Gasteiger partial charge is 0.438 e.